The molecule has 4 nitrogen and oxygen atoms in total. The second kappa shape index (κ2) is 6.37. The highest BCUT2D eigenvalue weighted by Crippen LogP contribution is 2.24. The van der Waals surface area contributed by atoms with E-state index in [9.17, 15) is 4.79 Å². The van der Waals surface area contributed by atoms with Crippen LogP contribution in [-0.4, -0.2) is 18.7 Å². The Morgan fingerprint density at radius 3 is 2.80 bits per heavy atom. The van der Waals surface area contributed by atoms with Crippen LogP contribution in [0.5, 0.6) is 0 Å². The molecular formula is C16H21NO3. The van der Waals surface area contributed by atoms with Crippen LogP contribution < -0.4 is 5.48 Å². The molecule has 1 aromatic carbocycles. The quantitative estimate of drug-likeness (QED) is 0.861. The lowest BCUT2D eigenvalue weighted by Gasteiger charge is -2.22. The number of carbonyl (C=O) groups is 1. The maximum absolute atomic E-state index is 12.2. The Hall–Kier alpha value is -1.39. The van der Waals surface area contributed by atoms with E-state index in [2.05, 4.69) is 5.48 Å². The number of esters is 1. The molecule has 2 aliphatic rings. The van der Waals surface area contributed by atoms with Crippen LogP contribution in [0, 0.1) is 0 Å². The van der Waals surface area contributed by atoms with Crippen LogP contribution in [0.15, 0.2) is 24.3 Å². The van der Waals surface area contributed by atoms with Gasteiger partial charge in [0.1, 0.15) is 6.10 Å². The van der Waals surface area contributed by atoms with Crippen molar-refractivity contribution in [3.05, 3.63) is 35.4 Å². The standard InChI is InChI=1S/C16H21NO3/c18-16(20-14-7-2-1-3-8-14)13-6-4-5-12(11-13)15-9-10-19-17-15/h4-6,11,14-15,17H,1-3,7-10H2/t15-/m1/s1. The first kappa shape index (κ1) is 13.6. The van der Waals surface area contributed by atoms with E-state index in [-0.39, 0.29) is 18.1 Å². The zero-order valence-electron chi connectivity index (χ0n) is 11.6. The molecule has 20 heavy (non-hydrogen) atoms. The fourth-order valence-electron chi connectivity index (χ4n) is 2.91. The third kappa shape index (κ3) is 3.19. The van der Waals surface area contributed by atoms with Crippen molar-refractivity contribution in [2.24, 2.45) is 0 Å². The van der Waals surface area contributed by atoms with Crippen molar-refractivity contribution >= 4 is 5.97 Å². The number of rotatable bonds is 3. The predicted octanol–water partition coefficient (Wildman–Crippen LogP) is 3.14. The molecule has 0 bridgehead atoms. The molecular weight excluding hydrogens is 254 g/mol. The summed E-state index contributed by atoms with van der Waals surface area (Å²) in [5, 5.41) is 0. The Labute approximate surface area is 119 Å². The van der Waals surface area contributed by atoms with Crippen LogP contribution in [0.4, 0.5) is 0 Å². The van der Waals surface area contributed by atoms with Gasteiger partial charge in [0, 0.05) is 0 Å². The van der Waals surface area contributed by atoms with Gasteiger partial charge in [-0.25, -0.2) is 4.79 Å². The first-order valence-electron chi connectivity index (χ1n) is 7.51. The largest absolute Gasteiger partial charge is 0.459 e. The van der Waals surface area contributed by atoms with Gasteiger partial charge in [-0.05, 0) is 49.8 Å². The van der Waals surface area contributed by atoms with Crippen LogP contribution in [-0.2, 0) is 9.57 Å². The lowest BCUT2D eigenvalue weighted by atomic mass is 9.97. The Morgan fingerprint density at radius 2 is 2.05 bits per heavy atom. The summed E-state index contributed by atoms with van der Waals surface area (Å²) in [5.41, 5.74) is 4.69. The molecule has 0 unspecified atom stereocenters. The van der Waals surface area contributed by atoms with Crippen molar-refractivity contribution in [3.63, 3.8) is 0 Å². The van der Waals surface area contributed by atoms with Crippen molar-refractivity contribution in [1.82, 2.24) is 5.48 Å². The van der Waals surface area contributed by atoms with E-state index in [1.54, 1.807) is 0 Å². The van der Waals surface area contributed by atoms with Gasteiger partial charge in [0.25, 0.3) is 0 Å². The monoisotopic (exact) mass is 275 g/mol. The van der Waals surface area contributed by atoms with Gasteiger partial charge in [0.05, 0.1) is 18.2 Å². The summed E-state index contributed by atoms with van der Waals surface area (Å²) < 4.78 is 5.60. The summed E-state index contributed by atoms with van der Waals surface area (Å²) in [6.45, 7) is 0.710. The summed E-state index contributed by atoms with van der Waals surface area (Å²) in [6, 6.07) is 7.84. The second-order valence-electron chi connectivity index (χ2n) is 5.60. The fraction of sp³-hybridized carbons (Fsp3) is 0.562. The molecule has 0 spiro atoms. The normalized spacial score (nSPS) is 23.7. The maximum Gasteiger partial charge on any atom is 0.338 e. The van der Waals surface area contributed by atoms with Gasteiger partial charge >= 0.3 is 5.97 Å². The van der Waals surface area contributed by atoms with E-state index in [0.717, 1.165) is 24.8 Å². The lowest BCUT2D eigenvalue weighted by Crippen LogP contribution is -2.21. The SMILES string of the molecule is O=C(OC1CCCCC1)c1cccc([C@H]2CCON2)c1. The topological polar surface area (TPSA) is 47.6 Å². The molecule has 0 amide bonds. The lowest BCUT2D eigenvalue weighted by molar-refractivity contribution is 0.0211. The van der Waals surface area contributed by atoms with Crippen LogP contribution in [0.3, 0.4) is 0 Å². The highest BCUT2D eigenvalue weighted by Gasteiger charge is 2.21. The van der Waals surface area contributed by atoms with Crippen LogP contribution in [0.1, 0.15) is 60.5 Å². The van der Waals surface area contributed by atoms with Crippen molar-refractivity contribution in [3.8, 4) is 0 Å². The fourth-order valence-corrected chi connectivity index (χ4v) is 2.91. The summed E-state index contributed by atoms with van der Waals surface area (Å²) >= 11 is 0. The number of nitrogens with one attached hydrogen (secondary N) is 1. The van der Waals surface area contributed by atoms with E-state index in [4.69, 9.17) is 9.57 Å². The van der Waals surface area contributed by atoms with Gasteiger partial charge in [-0.2, -0.15) is 5.48 Å². The molecule has 108 valence electrons. The molecule has 1 saturated carbocycles. The highest BCUT2D eigenvalue weighted by atomic mass is 16.7. The first-order valence-corrected chi connectivity index (χ1v) is 7.51. The average molecular weight is 275 g/mol. The smallest absolute Gasteiger partial charge is 0.338 e. The van der Waals surface area contributed by atoms with Crippen molar-refractivity contribution < 1.29 is 14.4 Å². The van der Waals surface area contributed by atoms with Crippen molar-refractivity contribution in [2.45, 2.75) is 50.7 Å². The third-order valence-corrected chi connectivity index (χ3v) is 4.08. The van der Waals surface area contributed by atoms with Crippen LogP contribution in [0.2, 0.25) is 0 Å². The first-order chi connectivity index (χ1) is 9.83. The summed E-state index contributed by atoms with van der Waals surface area (Å²) in [7, 11) is 0. The number of ether oxygens (including phenoxy) is 1. The number of hydrogen-bond acceptors (Lipinski definition) is 4. The number of carbonyl (C=O) groups excluding carboxylic acids is 1. The number of benzene rings is 1. The molecule has 0 aromatic heterocycles. The van der Waals surface area contributed by atoms with Gasteiger partial charge in [-0.15, -0.1) is 0 Å². The van der Waals surface area contributed by atoms with Gasteiger partial charge in [0.2, 0.25) is 0 Å². The summed E-state index contributed by atoms with van der Waals surface area (Å²) in [5.74, 6) is -0.197. The minimum absolute atomic E-state index is 0.104. The number of hydrogen-bond donors (Lipinski definition) is 1. The van der Waals surface area contributed by atoms with E-state index in [1.807, 2.05) is 24.3 Å². The Balaban J connectivity index is 1.66. The van der Waals surface area contributed by atoms with Gasteiger partial charge in [0.15, 0.2) is 0 Å². The maximum atomic E-state index is 12.2. The van der Waals surface area contributed by atoms with Crippen LogP contribution in [0.25, 0.3) is 0 Å². The van der Waals surface area contributed by atoms with Gasteiger partial charge < -0.3 is 9.57 Å². The van der Waals surface area contributed by atoms with E-state index in [0.29, 0.717) is 12.2 Å². The molecule has 4 heteroatoms. The van der Waals surface area contributed by atoms with Gasteiger partial charge in [-0.1, -0.05) is 18.6 Å². The zero-order valence-corrected chi connectivity index (χ0v) is 11.6. The summed E-state index contributed by atoms with van der Waals surface area (Å²) in [4.78, 5) is 17.4. The average Bonchev–Trinajstić information content (AvgIpc) is 3.03. The molecule has 1 saturated heterocycles. The summed E-state index contributed by atoms with van der Waals surface area (Å²) in [6.07, 6.45) is 6.64. The van der Waals surface area contributed by atoms with E-state index in [1.165, 1.54) is 19.3 Å². The molecule has 1 N–H and O–H groups in total. The molecule has 1 aliphatic heterocycles. The zero-order chi connectivity index (χ0) is 13.8. The van der Waals surface area contributed by atoms with E-state index >= 15 is 0 Å². The number of hydroxylamine groups is 1. The van der Waals surface area contributed by atoms with Gasteiger partial charge in [-0.3, -0.25) is 0 Å². The van der Waals surface area contributed by atoms with Crippen molar-refractivity contribution in [2.75, 3.05) is 6.61 Å². The third-order valence-electron chi connectivity index (χ3n) is 4.08. The molecule has 1 aromatic rings. The Bertz CT molecular complexity index is 463. The van der Waals surface area contributed by atoms with Crippen LogP contribution >= 0.6 is 0 Å². The molecule has 2 fully saturated rings. The Kier molecular flexibility index (Phi) is 4.33. The predicted molar refractivity (Wildman–Crippen MR) is 75.2 cm³/mol. The molecule has 1 atom stereocenters. The second-order valence-corrected chi connectivity index (χ2v) is 5.60. The Morgan fingerprint density at radius 1 is 1.20 bits per heavy atom. The highest BCUT2D eigenvalue weighted by molar-refractivity contribution is 5.89. The molecule has 0 radical (unpaired) electrons. The van der Waals surface area contributed by atoms with Crippen molar-refractivity contribution in [1.29, 1.82) is 0 Å². The molecule has 1 heterocycles. The molecule has 1 aliphatic carbocycles. The molecule has 3 rings (SSSR count). The minimum atomic E-state index is -0.197. The van der Waals surface area contributed by atoms with E-state index < -0.39 is 0 Å². The minimum Gasteiger partial charge on any atom is -0.459 e.